The molecule has 1 aliphatic rings. The van der Waals surface area contributed by atoms with Crippen LogP contribution in [0, 0.1) is 5.92 Å². The molecule has 4 heteroatoms. The van der Waals surface area contributed by atoms with Crippen molar-refractivity contribution in [1.29, 1.82) is 0 Å². The van der Waals surface area contributed by atoms with Crippen molar-refractivity contribution >= 4 is 12.0 Å². The van der Waals surface area contributed by atoms with E-state index >= 15 is 0 Å². The lowest BCUT2D eigenvalue weighted by Gasteiger charge is -2.17. The Morgan fingerprint density at radius 2 is 1.85 bits per heavy atom. The highest BCUT2D eigenvalue weighted by atomic mass is 16.5. The predicted octanol–water partition coefficient (Wildman–Crippen LogP) is 4.76. The molecule has 1 amide bonds. The lowest BCUT2D eigenvalue weighted by molar-refractivity contribution is -0.117. The minimum absolute atomic E-state index is 0.0726. The molecular formula is C23H27NO3. The Hall–Kier alpha value is -2.75. The van der Waals surface area contributed by atoms with E-state index in [9.17, 15) is 4.79 Å². The van der Waals surface area contributed by atoms with Crippen molar-refractivity contribution in [2.45, 2.75) is 38.8 Å². The first-order valence-corrected chi connectivity index (χ1v) is 9.45. The number of carbonyl (C=O) groups is 1. The molecule has 1 fully saturated rings. The van der Waals surface area contributed by atoms with E-state index in [0.717, 1.165) is 18.4 Å². The Balaban J connectivity index is 1.67. The van der Waals surface area contributed by atoms with Crippen molar-refractivity contribution < 1.29 is 14.3 Å². The van der Waals surface area contributed by atoms with Crippen LogP contribution >= 0.6 is 0 Å². The van der Waals surface area contributed by atoms with E-state index in [1.807, 2.05) is 50.2 Å². The molecule has 1 aliphatic carbocycles. The summed E-state index contributed by atoms with van der Waals surface area (Å²) in [6.45, 7) is 3.95. The molecule has 2 aromatic carbocycles. The Morgan fingerprint density at radius 1 is 1.11 bits per heavy atom. The van der Waals surface area contributed by atoms with Gasteiger partial charge in [-0.15, -0.1) is 0 Å². The number of nitrogens with one attached hydrogen (secondary N) is 1. The average molecular weight is 365 g/mol. The SMILES string of the molecule is COc1cc(/C=C/C(=O)NC(c2ccccc2)C2CC2)ccc1OC(C)C. The number of hydrogen-bond acceptors (Lipinski definition) is 3. The van der Waals surface area contributed by atoms with E-state index in [1.54, 1.807) is 19.3 Å². The maximum atomic E-state index is 12.4. The quantitative estimate of drug-likeness (QED) is 0.686. The smallest absolute Gasteiger partial charge is 0.244 e. The third-order valence-electron chi connectivity index (χ3n) is 4.53. The molecule has 0 radical (unpaired) electrons. The average Bonchev–Trinajstić information content (AvgIpc) is 3.50. The highest BCUT2D eigenvalue weighted by molar-refractivity contribution is 5.92. The van der Waals surface area contributed by atoms with Gasteiger partial charge in [0.1, 0.15) is 0 Å². The molecule has 27 heavy (non-hydrogen) atoms. The first-order valence-electron chi connectivity index (χ1n) is 9.45. The van der Waals surface area contributed by atoms with Crippen molar-refractivity contribution in [2.75, 3.05) is 7.11 Å². The van der Waals surface area contributed by atoms with Gasteiger partial charge in [-0.05, 0) is 61.9 Å². The van der Waals surface area contributed by atoms with Gasteiger partial charge in [-0.1, -0.05) is 36.4 Å². The van der Waals surface area contributed by atoms with Crippen molar-refractivity contribution in [3.8, 4) is 11.5 Å². The molecule has 142 valence electrons. The van der Waals surface area contributed by atoms with Crippen LogP contribution in [0.1, 0.15) is 43.9 Å². The number of carbonyl (C=O) groups excluding carboxylic acids is 1. The van der Waals surface area contributed by atoms with Crippen LogP contribution in [0.2, 0.25) is 0 Å². The van der Waals surface area contributed by atoms with Crippen LogP contribution in [0.15, 0.2) is 54.6 Å². The molecule has 0 bridgehead atoms. The topological polar surface area (TPSA) is 47.6 Å². The normalized spacial score (nSPS) is 15.0. The molecule has 1 atom stereocenters. The van der Waals surface area contributed by atoms with Gasteiger partial charge in [-0.3, -0.25) is 4.79 Å². The lowest BCUT2D eigenvalue weighted by atomic mass is 10.0. The molecule has 3 rings (SSSR count). The second-order valence-corrected chi connectivity index (χ2v) is 7.14. The fourth-order valence-corrected chi connectivity index (χ4v) is 3.08. The van der Waals surface area contributed by atoms with Crippen LogP contribution in [0.3, 0.4) is 0 Å². The van der Waals surface area contributed by atoms with Crippen LogP contribution in [-0.4, -0.2) is 19.1 Å². The number of amides is 1. The monoisotopic (exact) mass is 365 g/mol. The van der Waals surface area contributed by atoms with Gasteiger partial charge in [0.25, 0.3) is 0 Å². The van der Waals surface area contributed by atoms with E-state index in [2.05, 4.69) is 17.4 Å². The van der Waals surface area contributed by atoms with Crippen LogP contribution in [0.25, 0.3) is 6.08 Å². The second kappa shape index (κ2) is 8.76. The molecule has 1 unspecified atom stereocenters. The second-order valence-electron chi connectivity index (χ2n) is 7.14. The van der Waals surface area contributed by atoms with E-state index in [0.29, 0.717) is 17.4 Å². The zero-order valence-corrected chi connectivity index (χ0v) is 16.1. The van der Waals surface area contributed by atoms with Crippen molar-refractivity contribution in [1.82, 2.24) is 5.32 Å². The molecule has 1 N–H and O–H groups in total. The van der Waals surface area contributed by atoms with E-state index in [4.69, 9.17) is 9.47 Å². The Labute approximate surface area is 161 Å². The van der Waals surface area contributed by atoms with E-state index < -0.39 is 0 Å². The Bertz CT molecular complexity index is 795. The van der Waals surface area contributed by atoms with Crippen molar-refractivity contribution in [2.24, 2.45) is 5.92 Å². The molecule has 4 nitrogen and oxygen atoms in total. The molecule has 0 saturated heterocycles. The minimum atomic E-state index is -0.0859. The van der Waals surface area contributed by atoms with Crippen molar-refractivity contribution in [3.05, 3.63) is 65.7 Å². The number of ether oxygens (including phenoxy) is 2. The van der Waals surface area contributed by atoms with Crippen LogP contribution in [-0.2, 0) is 4.79 Å². The summed E-state index contributed by atoms with van der Waals surface area (Å²) >= 11 is 0. The van der Waals surface area contributed by atoms with Crippen LogP contribution in [0.4, 0.5) is 0 Å². The van der Waals surface area contributed by atoms with Crippen LogP contribution in [0.5, 0.6) is 11.5 Å². The third-order valence-corrected chi connectivity index (χ3v) is 4.53. The van der Waals surface area contributed by atoms with Gasteiger partial charge in [-0.25, -0.2) is 0 Å². The van der Waals surface area contributed by atoms with Crippen molar-refractivity contribution in [3.63, 3.8) is 0 Å². The molecule has 2 aromatic rings. The number of methoxy groups -OCH3 is 1. The van der Waals surface area contributed by atoms with E-state index in [-0.39, 0.29) is 18.1 Å². The summed E-state index contributed by atoms with van der Waals surface area (Å²) in [7, 11) is 1.61. The first kappa shape index (κ1) is 19.0. The Kier molecular flexibility index (Phi) is 6.17. The summed E-state index contributed by atoms with van der Waals surface area (Å²) in [6, 6.07) is 15.9. The highest BCUT2D eigenvalue weighted by Gasteiger charge is 2.32. The largest absolute Gasteiger partial charge is 0.493 e. The molecule has 1 saturated carbocycles. The maximum absolute atomic E-state index is 12.4. The Morgan fingerprint density at radius 3 is 2.48 bits per heavy atom. The van der Waals surface area contributed by atoms with Gasteiger partial charge in [0.2, 0.25) is 5.91 Å². The zero-order valence-electron chi connectivity index (χ0n) is 16.1. The summed E-state index contributed by atoms with van der Waals surface area (Å²) in [6.07, 6.45) is 5.78. The molecule has 0 aromatic heterocycles. The fraction of sp³-hybridized carbons (Fsp3) is 0.348. The first-order chi connectivity index (χ1) is 13.1. The van der Waals surface area contributed by atoms with Gasteiger partial charge in [0.05, 0.1) is 19.3 Å². The number of hydrogen-bond donors (Lipinski definition) is 1. The highest BCUT2D eigenvalue weighted by Crippen LogP contribution is 2.40. The zero-order chi connectivity index (χ0) is 19.2. The standard InChI is InChI=1S/C23H27NO3/c1-16(2)27-20-13-9-17(15-21(20)26-3)10-14-22(25)24-23(19-11-12-19)18-7-5-4-6-8-18/h4-10,13-16,19,23H,11-12H2,1-3H3,(H,24,25)/b14-10+. The van der Waals surface area contributed by atoms with Gasteiger partial charge >= 0.3 is 0 Å². The summed E-state index contributed by atoms with van der Waals surface area (Å²) in [5.74, 6) is 1.81. The van der Waals surface area contributed by atoms with Gasteiger partial charge in [0.15, 0.2) is 11.5 Å². The summed E-state index contributed by atoms with van der Waals surface area (Å²) in [4.78, 5) is 12.4. The van der Waals surface area contributed by atoms with Gasteiger partial charge in [-0.2, -0.15) is 0 Å². The molecule has 0 spiro atoms. The maximum Gasteiger partial charge on any atom is 0.244 e. The molecular weight excluding hydrogens is 338 g/mol. The lowest BCUT2D eigenvalue weighted by Crippen LogP contribution is -2.28. The predicted molar refractivity (Wildman–Crippen MR) is 108 cm³/mol. The molecule has 0 heterocycles. The van der Waals surface area contributed by atoms with Gasteiger partial charge < -0.3 is 14.8 Å². The van der Waals surface area contributed by atoms with Gasteiger partial charge in [0, 0.05) is 6.08 Å². The minimum Gasteiger partial charge on any atom is -0.493 e. The number of benzene rings is 2. The van der Waals surface area contributed by atoms with Crippen LogP contribution < -0.4 is 14.8 Å². The molecule has 0 aliphatic heterocycles. The summed E-state index contributed by atoms with van der Waals surface area (Å²) in [5.41, 5.74) is 2.05. The summed E-state index contributed by atoms with van der Waals surface area (Å²) < 4.78 is 11.1. The summed E-state index contributed by atoms with van der Waals surface area (Å²) in [5, 5.41) is 3.15. The third kappa shape index (κ3) is 5.36. The van der Waals surface area contributed by atoms with E-state index in [1.165, 1.54) is 5.56 Å². The fourth-order valence-electron chi connectivity index (χ4n) is 3.08. The number of rotatable bonds is 8.